The fraction of sp³-hybridized carbons (Fsp3) is 0.118. The van der Waals surface area contributed by atoms with Gasteiger partial charge in [-0.2, -0.15) is 0 Å². The summed E-state index contributed by atoms with van der Waals surface area (Å²) in [4.78, 5) is 11.8. The molecule has 2 aromatic rings. The summed E-state index contributed by atoms with van der Waals surface area (Å²) >= 11 is 3.37. The fourth-order valence-corrected chi connectivity index (χ4v) is 2.31. The third kappa shape index (κ3) is 3.68. The van der Waals surface area contributed by atoms with Crippen LogP contribution in [0.5, 0.6) is 11.5 Å². The average molecular weight is 360 g/mol. The zero-order chi connectivity index (χ0) is 15.4. The summed E-state index contributed by atoms with van der Waals surface area (Å²) in [7, 11) is 0. The lowest BCUT2D eigenvalue weighted by atomic mass is 10.2. The lowest BCUT2D eigenvalue weighted by Crippen LogP contribution is -2.20. The van der Waals surface area contributed by atoms with Gasteiger partial charge in [0.1, 0.15) is 0 Å². The second-order valence-electron chi connectivity index (χ2n) is 4.79. The summed E-state index contributed by atoms with van der Waals surface area (Å²) in [6, 6.07) is 13.4. The van der Waals surface area contributed by atoms with E-state index in [-0.39, 0.29) is 12.7 Å². The molecule has 0 saturated carbocycles. The number of rotatable bonds is 4. The van der Waals surface area contributed by atoms with Crippen molar-refractivity contribution >= 4 is 27.9 Å². The zero-order valence-electron chi connectivity index (χ0n) is 11.7. The standard InChI is InChI=1S/C17H14BrNO3/c18-14-5-1-12(2-6-14)4-8-17(20)19-10-13-3-7-15-16(9-13)22-11-21-15/h1-9H,10-11H2,(H,19,20). The summed E-state index contributed by atoms with van der Waals surface area (Å²) in [5.74, 6) is 1.32. The van der Waals surface area contributed by atoms with Crippen LogP contribution in [0.15, 0.2) is 53.0 Å². The first-order chi connectivity index (χ1) is 10.7. The highest BCUT2D eigenvalue weighted by Crippen LogP contribution is 2.32. The molecule has 0 aromatic heterocycles. The minimum absolute atomic E-state index is 0.138. The molecule has 5 heteroatoms. The van der Waals surface area contributed by atoms with Crippen LogP contribution in [-0.4, -0.2) is 12.7 Å². The van der Waals surface area contributed by atoms with Crippen LogP contribution < -0.4 is 14.8 Å². The summed E-state index contributed by atoms with van der Waals surface area (Å²) in [6.07, 6.45) is 3.30. The number of carbonyl (C=O) groups is 1. The minimum Gasteiger partial charge on any atom is -0.454 e. The quantitative estimate of drug-likeness (QED) is 0.849. The molecule has 0 atom stereocenters. The van der Waals surface area contributed by atoms with Crippen LogP contribution in [0, 0.1) is 0 Å². The van der Waals surface area contributed by atoms with Gasteiger partial charge in [0.25, 0.3) is 0 Å². The van der Waals surface area contributed by atoms with Crippen molar-refractivity contribution in [3.63, 3.8) is 0 Å². The maximum Gasteiger partial charge on any atom is 0.244 e. The van der Waals surface area contributed by atoms with Crippen molar-refractivity contribution in [1.82, 2.24) is 5.32 Å². The predicted octanol–water partition coefficient (Wildman–Crippen LogP) is 3.51. The van der Waals surface area contributed by atoms with Crippen molar-refractivity contribution in [3.05, 3.63) is 64.1 Å². The molecule has 22 heavy (non-hydrogen) atoms. The number of nitrogens with one attached hydrogen (secondary N) is 1. The van der Waals surface area contributed by atoms with Crippen molar-refractivity contribution in [2.45, 2.75) is 6.54 Å². The maximum absolute atomic E-state index is 11.8. The van der Waals surface area contributed by atoms with Gasteiger partial charge in [-0.3, -0.25) is 4.79 Å². The molecule has 0 spiro atoms. The molecule has 4 nitrogen and oxygen atoms in total. The molecule has 0 saturated heterocycles. The fourth-order valence-electron chi connectivity index (χ4n) is 2.04. The van der Waals surface area contributed by atoms with Crippen LogP contribution in [0.4, 0.5) is 0 Å². The number of ether oxygens (including phenoxy) is 2. The van der Waals surface area contributed by atoms with Crippen LogP contribution in [0.1, 0.15) is 11.1 Å². The van der Waals surface area contributed by atoms with E-state index < -0.39 is 0 Å². The van der Waals surface area contributed by atoms with Gasteiger partial charge < -0.3 is 14.8 Å². The lowest BCUT2D eigenvalue weighted by Gasteiger charge is -2.04. The molecule has 1 N–H and O–H groups in total. The summed E-state index contributed by atoms with van der Waals surface area (Å²) in [5, 5.41) is 2.84. The monoisotopic (exact) mass is 359 g/mol. The summed E-state index contributed by atoms with van der Waals surface area (Å²) in [6.45, 7) is 0.696. The Hall–Kier alpha value is -2.27. The molecule has 1 heterocycles. The van der Waals surface area contributed by atoms with Gasteiger partial charge in [-0.05, 0) is 41.5 Å². The molecular formula is C17H14BrNO3. The van der Waals surface area contributed by atoms with Gasteiger partial charge in [0, 0.05) is 17.1 Å². The molecule has 1 amide bonds. The normalized spacial score (nSPS) is 12.6. The molecular weight excluding hydrogens is 346 g/mol. The van der Waals surface area contributed by atoms with E-state index in [1.165, 1.54) is 6.08 Å². The van der Waals surface area contributed by atoms with Crippen molar-refractivity contribution < 1.29 is 14.3 Å². The van der Waals surface area contributed by atoms with Gasteiger partial charge in [0.05, 0.1) is 0 Å². The first-order valence-corrected chi connectivity index (χ1v) is 7.60. The SMILES string of the molecule is O=C(C=Cc1ccc(Br)cc1)NCc1ccc2c(c1)OCO2. The third-order valence-electron chi connectivity index (χ3n) is 3.20. The molecule has 0 radical (unpaired) electrons. The van der Waals surface area contributed by atoms with Crippen LogP contribution in [-0.2, 0) is 11.3 Å². The van der Waals surface area contributed by atoms with Crippen molar-refractivity contribution in [2.75, 3.05) is 6.79 Å². The Balaban J connectivity index is 1.55. The first kappa shape index (κ1) is 14.7. The Bertz CT molecular complexity index is 710. The van der Waals surface area contributed by atoms with Gasteiger partial charge in [-0.1, -0.05) is 34.1 Å². The number of carbonyl (C=O) groups excluding carboxylic acids is 1. The minimum atomic E-state index is -0.138. The Labute approximate surface area is 136 Å². The van der Waals surface area contributed by atoms with Gasteiger partial charge in [0.15, 0.2) is 11.5 Å². The van der Waals surface area contributed by atoms with Crippen molar-refractivity contribution in [1.29, 1.82) is 0 Å². The van der Waals surface area contributed by atoms with Crippen molar-refractivity contribution in [2.24, 2.45) is 0 Å². The van der Waals surface area contributed by atoms with E-state index in [0.717, 1.165) is 27.1 Å². The molecule has 0 aliphatic carbocycles. The second kappa shape index (κ2) is 6.66. The number of hydrogen-bond acceptors (Lipinski definition) is 3. The van der Waals surface area contributed by atoms with Crippen molar-refractivity contribution in [3.8, 4) is 11.5 Å². The van der Waals surface area contributed by atoms with Gasteiger partial charge in [-0.25, -0.2) is 0 Å². The molecule has 1 aliphatic heterocycles. The van der Waals surface area contributed by atoms with Gasteiger partial charge >= 0.3 is 0 Å². The molecule has 2 aromatic carbocycles. The predicted molar refractivity (Wildman–Crippen MR) is 87.6 cm³/mol. The number of benzene rings is 2. The smallest absolute Gasteiger partial charge is 0.244 e. The van der Waals surface area contributed by atoms with Crippen LogP contribution >= 0.6 is 15.9 Å². The van der Waals surface area contributed by atoms with E-state index in [4.69, 9.17) is 9.47 Å². The lowest BCUT2D eigenvalue weighted by molar-refractivity contribution is -0.116. The molecule has 0 unspecified atom stereocenters. The number of halogens is 1. The Morgan fingerprint density at radius 2 is 1.91 bits per heavy atom. The molecule has 112 valence electrons. The summed E-state index contributed by atoms with van der Waals surface area (Å²) in [5.41, 5.74) is 1.94. The maximum atomic E-state index is 11.8. The van der Waals surface area contributed by atoms with E-state index in [1.807, 2.05) is 42.5 Å². The topological polar surface area (TPSA) is 47.6 Å². The van der Waals surface area contributed by atoms with Gasteiger partial charge in [-0.15, -0.1) is 0 Å². The third-order valence-corrected chi connectivity index (χ3v) is 3.73. The van der Waals surface area contributed by atoms with E-state index in [9.17, 15) is 4.79 Å². The van der Waals surface area contributed by atoms with E-state index in [0.29, 0.717) is 6.54 Å². The second-order valence-corrected chi connectivity index (χ2v) is 5.71. The first-order valence-electron chi connectivity index (χ1n) is 6.81. The Morgan fingerprint density at radius 3 is 2.73 bits per heavy atom. The summed E-state index contributed by atoms with van der Waals surface area (Å²) < 4.78 is 11.6. The molecule has 0 bridgehead atoms. The number of amides is 1. The highest BCUT2D eigenvalue weighted by Gasteiger charge is 2.13. The molecule has 3 rings (SSSR count). The van der Waals surface area contributed by atoms with Crippen LogP contribution in [0.3, 0.4) is 0 Å². The molecule has 1 aliphatic rings. The van der Waals surface area contributed by atoms with Crippen LogP contribution in [0.2, 0.25) is 0 Å². The van der Waals surface area contributed by atoms with E-state index in [2.05, 4.69) is 21.2 Å². The van der Waals surface area contributed by atoms with E-state index >= 15 is 0 Å². The Kier molecular flexibility index (Phi) is 4.44. The number of hydrogen-bond donors (Lipinski definition) is 1. The highest BCUT2D eigenvalue weighted by atomic mass is 79.9. The average Bonchev–Trinajstić information content (AvgIpc) is 3.00. The van der Waals surface area contributed by atoms with E-state index in [1.54, 1.807) is 6.08 Å². The zero-order valence-corrected chi connectivity index (χ0v) is 13.3. The molecule has 0 fully saturated rings. The van der Waals surface area contributed by atoms with Crippen LogP contribution in [0.25, 0.3) is 6.08 Å². The highest BCUT2D eigenvalue weighted by molar-refractivity contribution is 9.10. The van der Waals surface area contributed by atoms with Gasteiger partial charge in [0.2, 0.25) is 12.7 Å². The number of fused-ring (bicyclic) bond motifs is 1. The largest absolute Gasteiger partial charge is 0.454 e. The Morgan fingerprint density at radius 1 is 1.14 bits per heavy atom.